The summed E-state index contributed by atoms with van der Waals surface area (Å²) in [5.74, 6) is -0.245. The van der Waals surface area contributed by atoms with Gasteiger partial charge in [0.25, 0.3) is 0 Å². The number of carbonyl (C=O) groups excluding carboxylic acids is 1. The van der Waals surface area contributed by atoms with Crippen molar-refractivity contribution < 1.29 is 53.1 Å². The van der Waals surface area contributed by atoms with E-state index in [9.17, 15) is 14.3 Å². The molecule has 1 heterocycles. The van der Waals surface area contributed by atoms with Gasteiger partial charge in [-0.25, -0.2) is 0 Å². The van der Waals surface area contributed by atoms with Gasteiger partial charge >= 0.3 is 35.5 Å². The summed E-state index contributed by atoms with van der Waals surface area (Å²) in [7, 11) is -3.65. The Hall–Kier alpha value is 0.620. The quantitative estimate of drug-likeness (QED) is 0.142. The first-order chi connectivity index (χ1) is 13.5. The summed E-state index contributed by atoms with van der Waals surface area (Å²) in [6.45, 7) is 2.32. The van der Waals surface area contributed by atoms with Gasteiger partial charge in [0.2, 0.25) is 0 Å². The maximum absolute atomic E-state index is 11.7. The standard InChI is InChI=1S/C22H43O5P.Na/c1-2-3-4-5-6-7-8-9-10-11-12-13-14-15-16-17-22(23)26-20-21-18-19-28(24,25)27-21;/h21H,2-20H2,1H3,(H,24,25);/q;+1/p-1/t21-;/m1./s1. The Kier molecular flexibility index (Phi) is 19.7. The van der Waals surface area contributed by atoms with Crippen LogP contribution in [0.2, 0.25) is 0 Å². The van der Waals surface area contributed by atoms with Gasteiger partial charge in [-0.15, -0.1) is 0 Å². The molecule has 2 atom stereocenters. The number of hydrogen-bond acceptors (Lipinski definition) is 5. The van der Waals surface area contributed by atoms with Gasteiger partial charge in [0.05, 0.1) is 6.10 Å². The molecule has 0 aromatic heterocycles. The Bertz CT molecular complexity index is 447. The third-order valence-corrected chi connectivity index (χ3v) is 6.87. The molecule has 1 unspecified atom stereocenters. The third-order valence-electron chi connectivity index (χ3n) is 5.45. The minimum Gasteiger partial charge on any atom is -0.778 e. The Balaban J connectivity index is 0.00000784. The van der Waals surface area contributed by atoms with Crippen molar-refractivity contribution >= 4 is 13.6 Å². The van der Waals surface area contributed by atoms with E-state index in [4.69, 9.17) is 9.26 Å². The molecule has 1 rings (SSSR count). The summed E-state index contributed by atoms with van der Waals surface area (Å²) in [4.78, 5) is 22.8. The van der Waals surface area contributed by atoms with Crippen molar-refractivity contribution in [3.8, 4) is 0 Å². The van der Waals surface area contributed by atoms with Crippen molar-refractivity contribution in [1.29, 1.82) is 0 Å². The topological polar surface area (TPSA) is 75.7 Å². The van der Waals surface area contributed by atoms with E-state index in [1.54, 1.807) is 0 Å². The molecule has 7 heteroatoms. The second-order valence-electron chi connectivity index (χ2n) is 8.23. The van der Waals surface area contributed by atoms with Crippen LogP contribution in [0.15, 0.2) is 0 Å². The van der Waals surface area contributed by atoms with Crippen LogP contribution in [0.4, 0.5) is 0 Å². The van der Waals surface area contributed by atoms with Gasteiger partial charge in [-0.2, -0.15) is 0 Å². The van der Waals surface area contributed by atoms with Gasteiger partial charge in [0.1, 0.15) is 14.2 Å². The zero-order valence-corrected chi connectivity index (χ0v) is 21.9. The van der Waals surface area contributed by atoms with Crippen LogP contribution in [-0.4, -0.2) is 24.8 Å². The maximum atomic E-state index is 11.7. The number of ether oxygens (including phenoxy) is 1. The largest absolute Gasteiger partial charge is 1.00 e. The van der Waals surface area contributed by atoms with Crippen molar-refractivity contribution in [2.24, 2.45) is 0 Å². The first kappa shape index (κ1) is 29.6. The fraction of sp³-hybridized carbons (Fsp3) is 0.955. The fourth-order valence-corrected chi connectivity index (χ4v) is 4.98. The monoisotopic (exact) mass is 440 g/mol. The molecule has 0 aromatic carbocycles. The number of carbonyl (C=O) groups is 1. The molecular formula is C22H42NaO5P. The number of esters is 1. The van der Waals surface area contributed by atoms with Crippen LogP contribution in [0.5, 0.6) is 0 Å². The predicted molar refractivity (Wildman–Crippen MR) is 112 cm³/mol. The van der Waals surface area contributed by atoms with Crippen molar-refractivity contribution in [2.75, 3.05) is 12.8 Å². The molecule has 0 bridgehead atoms. The molecule has 166 valence electrons. The second-order valence-corrected chi connectivity index (χ2v) is 10.1. The summed E-state index contributed by atoms with van der Waals surface area (Å²) >= 11 is 0. The average Bonchev–Trinajstić information content (AvgIpc) is 3.02. The van der Waals surface area contributed by atoms with E-state index >= 15 is 0 Å². The van der Waals surface area contributed by atoms with Crippen molar-refractivity contribution in [2.45, 2.75) is 122 Å². The smallest absolute Gasteiger partial charge is 0.778 e. The zero-order chi connectivity index (χ0) is 20.5. The molecule has 1 saturated heterocycles. The molecule has 1 fully saturated rings. The summed E-state index contributed by atoms with van der Waals surface area (Å²) in [6, 6.07) is 0. The van der Waals surface area contributed by atoms with Crippen LogP contribution in [0.1, 0.15) is 116 Å². The van der Waals surface area contributed by atoms with Crippen LogP contribution in [-0.2, 0) is 18.6 Å². The average molecular weight is 441 g/mol. The van der Waals surface area contributed by atoms with E-state index < -0.39 is 13.7 Å². The molecule has 5 nitrogen and oxygen atoms in total. The minimum atomic E-state index is -3.65. The molecular weight excluding hydrogens is 398 g/mol. The van der Waals surface area contributed by atoms with Gasteiger partial charge in [0, 0.05) is 12.6 Å². The maximum Gasteiger partial charge on any atom is 1.00 e. The molecule has 1 aliphatic rings. The molecule has 0 aromatic rings. The molecule has 0 aliphatic carbocycles. The summed E-state index contributed by atoms with van der Waals surface area (Å²) < 4.78 is 21.1. The number of hydrogen-bond donors (Lipinski definition) is 0. The Morgan fingerprint density at radius 1 is 0.897 bits per heavy atom. The third kappa shape index (κ3) is 17.9. The van der Waals surface area contributed by atoms with Crippen LogP contribution in [0.25, 0.3) is 0 Å². The predicted octanol–water partition coefficient (Wildman–Crippen LogP) is 3.14. The fourth-order valence-electron chi connectivity index (χ4n) is 3.65. The first-order valence-corrected chi connectivity index (χ1v) is 13.4. The molecule has 0 saturated carbocycles. The van der Waals surface area contributed by atoms with Crippen LogP contribution in [0, 0.1) is 0 Å². The number of unbranched alkanes of at least 4 members (excludes halogenated alkanes) is 14. The Labute approximate surface area is 200 Å². The molecule has 1 aliphatic heterocycles. The van der Waals surface area contributed by atoms with E-state index in [-0.39, 0.29) is 48.3 Å². The van der Waals surface area contributed by atoms with Gasteiger partial charge in [0.15, 0.2) is 0 Å². The molecule has 0 amide bonds. The molecule has 0 N–H and O–H groups in total. The SMILES string of the molecule is CCCCCCCCCCCCCCCCCC(=O)OC[C@H]1CCP(=O)([O-])O1.[Na+]. The van der Waals surface area contributed by atoms with E-state index in [0.29, 0.717) is 12.8 Å². The summed E-state index contributed by atoms with van der Waals surface area (Å²) in [5.41, 5.74) is 0. The molecule has 29 heavy (non-hydrogen) atoms. The van der Waals surface area contributed by atoms with Crippen LogP contribution >= 0.6 is 7.60 Å². The van der Waals surface area contributed by atoms with Gasteiger partial charge in [-0.3, -0.25) is 4.79 Å². The van der Waals surface area contributed by atoms with E-state index in [1.165, 1.54) is 83.5 Å². The molecule has 0 radical (unpaired) electrons. The van der Waals surface area contributed by atoms with Crippen molar-refractivity contribution in [3.05, 3.63) is 0 Å². The first-order valence-electron chi connectivity index (χ1n) is 11.7. The van der Waals surface area contributed by atoms with Gasteiger partial charge < -0.3 is 18.7 Å². The second kappa shape index (κ2) is 19.3. The number of rotatable bonds is 18. The van der Waals surface area contributed by atoms with Gasteiger partial charge in [-0.05, 0) is 12.8 Å². The Morgan fingerprint density at radius 2 is 1.34 bits per heavy atom. The summed E-state index contributed by atoms with van der Waals surface area (Å²) in [5, 5.41) is 0. The summed E-state index contributed by atoms with van der Waals surface area (Å²) in [6.07, 6.45) is 19.9. The minimum absolute atomic E-state index is 0. The van der Waals surface area contributed by atoms with Gasteiger partial charge in [-0.1, -0.05) is 96.8 Å². The van der Waals surface area contributed by atoms with E-state index in [2.05, 4.69) is 6.92 Å². The zero-order valence-electron chi connectivity index (χ0n) is 19.0. The molecule has 0 spiro atoms. The van der Waals surface area contributed by atoms with Crippen LogP contribution in [0.3, 0.4) is 0 Å². The van der Waals surface area contributed by atoms with E-state index in [1.807, 2.05) is 0 Å². The normalized spacial score (nSPS) is 21.1. The van der Waals surface area contributed by atoms with E-state index in [0.717, 1.165) is 12.8 Å². The van der Waals surface area contributed by atoms with Crippen molar-refractivity contribution in [1.82, 2.24) is 0 Å². The van der Waals surface area contributed by atoms with Crippen LogP contribution < -0.4 is 34.5 Å². The Morgan fingerprint density at radius 3 is 1.76 bits per heavy atom. The van der Waals surface area contributed by atoms with Crippen molar-refractivity contribution in [3.63, 3.8) is 0 Å².